The Kier molecular flexibility index (Phi) is 7.16. The molecule has 29 heavy (non-hydrogen) atoms. The molecule has 10 heteroatoms. The molecule has 2 aromatic carbocycles. The third-order valence-corrected chi connectivity index (χ3v) is 5.32. The minimum Gasteiger partial charge on any atom is -0.495 e. The topological polar surface area (TPSA) is 119 Å². The molecule has 0 aliphatic carbocycles. The Labute approximate surface area is 169 Å². The zero-order valence-corrected chi connectivity index (χ0v) is 17.2. The van der Waals surface area contributed by atoms with Crippen LogP contribution in [0.2, 0.25) is 0 Å². The summed E-state index contributed by atoms with van der Waals surface area (Å²) in [4.78, 5) is 22.6. The lowest BCUT2D eigenvalue weighted by Crippen LogP contribution is -2.31. The number of hydrogen-bond donors (Lipinski definition) is 1. The maximum absolute atomic E-state index is 12.3. The van der Waals surface area contributed by atoms with Crippen LogP contribution in [0.4, 0.5) is 17.1 Å². The van der Waals surface area contributed by atoms with Gasteiger partial charge in [-0.15, -0.1) is 0 Å². The Balaban J connectivity index is 2.05. The molecule has 0 aliphatic rings. The van der Waals surface area contributed by atoms with Crippen molar-refractivity contribution in [2.24, 2.45) is 0 Å². The fraction of sp³-hybridized carbons (Fsp3) is 0.316. The molecule has 0 atom stereocenters. The van der Waals surface area contributed by atoms with Crippen LogP contribution in [0.5, 0.6) is 5.75 Å². The van der Waals surface area contributed by atoms with Crippen molar-refractivity contribution in [3.63, 3.8) is 0 Å². The first-order valence-electron chi connectivity index (χ1n) is 8.78. The molecule has 0 heterocycles. The highest BCUT2D eigenvalue weighted by atomic mass is 32.2. The zero-order valence-electron chi connectivity index (χ0n) is 16.4. The monoisotopic (exact) mass is 421 g/mol. The van der Waals surface area contributed by atoms with Gasteiger partial charge < -0.3 is 10.1 Å². The number of benzene rings is 2. The van der Waals surface area contributed by atoms with Crippen LogP contribution in [0, 0.1) is 17.0 Å². The summed E-state index contributed by atoms with van der Waals surface area (Å²) in [7, 11) is -2.12. The quantitative estimate of drug-likeness (QED) is 0.491. The van der Waals surface area contributed by atoms with Crippen molar-refractivity contribution in [3.8, 4) is 5.75 Å². The number of anilines is 2. The predicted molar refractivity (Wildman–Crippen MR) is 111 cm³/mol. The van der Waals surface area contributed by atoms with Gasteiger partial charge in [-0.2, -0.15) is 0 Å². The maximum Gasteiger partial charge on any atom is 0.271 e. The van der Waals surface area contributed by atoms with E-state index in [1.807, 2.05) is 13.0 Å². The number of rotatable bonds is 9. The molecule has 0 fully saturated rings. The SMILES string of the molecule is COc1ccc([N+](=O)[O-])cc1NC(=O)CCCN(c1cccc(C)c1)S(C)(=O)=O. The van der Waals surface area contributed by atoms with Crippen molar-refractivity contribution in [1.82, 2.24) is 0 Å². The maximum atomic E-state index is 12.3. The number of sulfonamides is 1. The van der Waals surface area contributed by atoms with Crippen LogP contribution in [-0.4, -0.2) is 39.2 Å². The number of nitrogens with zero attached hydrogens (tertiary/aromatic N) is 2. The van der Waals surface area contributed by atoms with E-state index >= 15 is 0 Å². The number of nitro benzene ring substituents is 1. The van der Waals surface area contributed by atoms with Crippen molar-refractivity contribution in [2.45, 2.75) is 19.8 Å². The summed E-state index contributed by atoms with van der Waals surface area (Å²) in [6.07, 6.45) is 1.41. The van der Waals surface area contributed by atoms with E-state index in [0.717, 1.165) is 11.8 Å². The number of amides is 1. The van der Waals surface area contributed by atoms with Crippen molar-refractivity contribution in [1.29, 1.82) is 0 Å². The Morgan fingerprint density at radius 2 is 1.97 bits per heavy atom. The van der Waals surface area contributed by atoms with Gasteiger partial charge in [0.1, 0.15) is 5.75 Å². The number of non-ortho nitro benzene ring substituents is 1. The van der Waals surface area contributed by atoms with Gasteiger partial charge in [0.15, 0.2) is 0 Å². The molecule has 0 saturated carbocycles. The molecule has 0 aliphatic heterocycles. The van der Waals surface area contributed by atoms with E-state index in [9.17, 15) is 23.3 Å². The number of carbonyl (C=O) groups excluding carboxylic acids is 1. The summed E-state index contributed by atoms with van der Waals surface area (Å²) in [5, 5.41) is 13.5. The lowest BCUT2D eigenvalue weighted by molar-refractivity contribution is -0.384. The number of hydrogen-bond acceptors (Lipinski definition) is 6. The second-order valence-corrected chi connectivity index (χ2v) is 8.37. The van der Waals surface area contributed by atoms with E-state index in [0.29, 0.717) is 11.4 Å². The van der Waals surface area contributed by atoms with Crippen LogP contribution in [-0.2, 0) is 14.8 Å². The lowest BCUT2D eigenvalue weighted by Gasteiger charge is -2.22. The average molecular weight is 421 g/mol. The molecule has 0 unspecified atom stereocenters. The number of carbonyl (C=O) groups is 1. The van der Waals surface area contributed by atoms with Gasteiger partial charge in [0.2, 0.25) is 15.9 Å². The predicted octanol–water partition coefficient (Wildman–Crippen LogP) is 3.10. The van der Waals surface area contributed by atoms with Gasteiger partial charge in [-0.25, -0.2) is 8.42 Å². The Morgan fingerprint density at radius 3 is 2.55 bits per heavy atom. The second kappa shape index (κ2) is 9.37. The van der Waals surface area contributed by atoms with Crippen LogP contribution in [0.15, 0.2) is 42.5 Å². The van der Waals surface area contributed by atoms with Gasteiger partial charge in [0.25, 0.3) is 5.69 Å². The fourth-order valence-electron chi connectivity index (χ4n) is 2.77. The molecule has 0 aromatic heterocycles. The lowest BCUT2D eigenvalue weighted by atomic mass is 10.2. The molecule has 0 radical (unpaired) electrons. The Bertz CT molecular complexity index is 1010. The van der Waals surface area contributed by atoms with Crippen molar-refractivity contribution < 1.29 is 22.9 Å². The van der Waals surface area contributed by atoms with E-state index in [-0.39, 0.29) is 30.8 Å². The van der Waals surface area contributed by atoms with E-state index < -0.39 is 20.9 Å². The second-order valence-electron chi connectivity index (χ2n) is 6.47. The normalized spacial score (nSPS) is 11.0. The first-order valence-corrected chi connectivity index (χ1v) is 10.6. The van der Waals surface area contributed by atoms with Crippen molar-refractivity contribution >= 4 is 33.0 Å². The molecule has 0 bridgehead atoms. The van der Waals surface area contributed by atoms with Gasteiger partial charge in [0, 0.05) is 25.1 Å². The molecule has 1 N–H and O–H groups in total. The van der Waals surface area contributed by atoms with Gasteiger partial charge in [-0.05, 0) is 37.1 Å². The molecule has 2 rings (SSSR count). The number of aryl methyl sites for hydroxylation is 1. The van der Waals surface area contributed by atoms with Gasteiger partial charge in [-0.1, -0.05) is 12.1 Å². The summed E-state index contributed by atoms with van der Waals surface area (Å²) in [5.41, 5.74) is 1.47. The van der Waals surface area contributed by atoms with Crippen LogP contribution < -0.4 is 14.4 Å². The van der Waals surface area contributed by atoms with Gasteiger partial charge >= 0.3 is 0 Å². The van der Waals surface area contributed by atoms with Gasteiger partial charge in [-0.3, -0.25) is 19.2 Å². The minimum atomic E-state index is -3.51. The van der Waals surface area contributed by atoms with Crippen LogP contribution in [0.3, 0.4) is 0 Å². The Morgan fingerprint density at radius 1 is 1.24 bits per heavy atom. The zero-order chi connectivity index (χ0) is 21.6. The molecule has 0 spiro atoms. The Hall–Kier alpha value is -3.14. The third kappa shape index (κ3) is 6.18. The summed E-state index contributed by atoms with van der Waals surface area (Å²) in [6, 6.07) is 11.0. The first-order chi connectivity index (χ1) is 13.6. The van der Waals surface area contributed by atoms with E-state index in [1.54, 1.807) is 18.2 Å². The highest BCUT2D eigenvalue weighted by molar-refractivity contribution is 7.92. The van der Waals surface area contributed by atoms with E-state index in [1.165, 1.54) is 29.6 Å². The number of methoxy groups -OCH3 is 1. The molecule has 1 amide bonds. The van der Waals surface area contributed by atoms with E-state index in [2.05, 4.69) is 5.32 Å². The first kappa shape index (κ1) is 22.2. The summed E-state index contributed by atoms with van der Waals surface area (Å²) in [6.45, 7) is 1.99. The molecular weight excluding hydrogens is 398 g/mol. The standard InChI is InChI=1S/C19H23N3O6S/c1-14-6-4-7-15(12-14)21(29(3,26)27)11-5-8-19(23)20-17-13-16(22(24)25)9-10-18(17)28-2/h4,6-7,9-10,12-13H,5,8,11H2,1-3H3,(H,20,23). The smallest absolute Gasteiger partial charge is 0.271 e. The summed E-state index contributed by atoms with van der Waals surface area (Å²) >= 11 is 0. The fourth-order valence-corrected chi connectivity index (χ4v) is 3.73. The van der Waals surface area contributed by atoms with Crippen LogP contribution >= 0.6 is 0 Å². The minimum absolute atomic E-state index is 0.0314. The summed E-state index contributed by atoms with van der Waals surface area (Å²) < 4.78 is 30.6. The van der Waals surface area contributed by atoms with Crippen LogP contribution in [0.25, 0.3) is 0 Å². The molecule has 0 saturated heterocycles. The highest BCUT2D eigenvalue weighted by Gasteiger charge is 2.18. The average Bonchev–Trinajstić information content (AvgIpc) is 2.64. The molecule has 156 valence electrons. The van der Waals surface area contributed by atoms with Crippen LogP contribution in [0.1, 0.15) is 18.4 Å². The third-order valence-electron chi connectivity index (χ3n) is 4.12. The number of ether oxygens (including phenoxy) is 1. The highest BCUT2D eigenvalue weighted by Crippen LogP contribution is 2.29. The molecule has 9 nitrogen and oxygen atoms in total. The van der Waals surface area contributed by atoms with E-state index in [4.69, 9.17) is 4.74 Å². The van der Waals surface area contributed by atoms with Gasteiger partial charge in [0.05, 0.1) is 29.7 Å². The number of nitrogens with one attached hydrogen (secondary N) is 1. The summed E-state index contributed by atoms with van der Waals surface area (Å²) in [5.74, 6) is -0.108. The molecule has 2 aromatic rings. The number of nitro groups is 1. The van der Waals surface area contributed by atoms with Crippen molar-refractivity contribution in [2.75, 3.05) is 29.5 Å². The molecular formula is C19H23N3O6S. The van der Waals surface area contributed by atoms with Crippen molar-refractivity contribution in [3.05, 3.63) is 58.1 Å². The largest absolute Gasteiger partial charge is 0.495 e.